The number of carbonyl (C=O) groups excluding carboxylic acids is 1. The smallest absolute Gasteiger partial charge is 0.323 e. The number of piperidine rings is 1. The zero-order valence-corrected chi connectivity index (χ0v) is 15.0. The van der Waals surface area contributed by atoms with E-state index in [1.165, 1.54) is 11.3 Å². The molecule has 4 heterocycles. The van der Waals surface area contributed by atoms with Crippen molar-refractivity contribution in [1.82, 2.24) is 29.7 Å². The number of nitrogens with zero attached hydrogens (tertiary/aromatic N) is 6. The molecule has 1 fully saturated rings. The van der Waals surface area contributed by atoms with Crippen LogP contribution in [0.3, 0.4) is 0 Å². The lowest BCUT2D eigenvalue weighted by Gasteiger charge is -2.30. The highest BCUT2D eigenvalue weighted by Crippen LogP contribution is 2.27. The van der Waals surface area contributed by atoms with Gasteiger partial charge in [0.15, 0.2) is 16.6 Å². The van der Waals surface area contributed by atoms with E-state index in [1.807, 2.05) is 35.4 Å². The highest BCUT2D eigenvalue weighted by molar-refractivity contribution is 7.15. The molecule has 3 aromatic rings. The van der Waals surface area contributed by atoms with Crippen LogP contribution in [-0.4, -0.2) is 48.8 Å². The Labute approximate surface area is 148 Å². The first kappa shape index (κ1) is 15.9. The molecule has 25 heavy (non-hydrogen) atoms. The highest BCUT2D eigenvalue weighted by atomic mass is 32.1. The lowest BCUT2D eigenvalue weighted by molar-refractivity contribution is 0.193. The van der Waals surface area contributed by atoms with Crippen LogP contribution in [0.25, 0.3) is 5.65 Å². The molecule has 0 unspecified atom stereocenters. The van der Waals surface area contributed by atoms with Crippen molar-refractivity contribution in [3.05, 3.63) is 34.7 Å². The minimum Gasteiger partial charge on any atom is -0.324 e. The number of aryl methyl sites for hydroxylation is 2. The van der Waals surface area contributed by atoms with Gasteiger partial charge in [-0.15, -0.1) is 21.5 Å². The van der Waals surface area contributed by atoms with E-state index < -0.39 is 0 Å². The second-order valence-electron chi connectivity index (χ2n) is 6.27. The first-order valence-corrected chi connectivity index (χ1v) is 9.09. The minimum absolute atomic E-state index is 0.0899. The molecule has 0 bridgehead atoms. The summed E-state index contributed by atoms with van der Waals surface area (Å²) in [6.07, 6.45) is 3.46. The average Bonchev–Trinajstić information content (AvgIpc) is 3.20. The van der Waals surface area contributed by atoms with E-state index in [2.05, 4.69) is 25.6 Å². The molecule has 2 amide bonds. The Kier molecular flexibility index (Phi) is 4.08. The summed E-state index contributed by atoms with van der Waals surface area (Å²) < 4.78 is 1.83. The SMILES string of the molecule is Cc1ccc2nnc(C3CCN(C(=O)Nc4ncc(C)s4)CC3)n2n1. The number of likely N-dealkylation sites (tertiary alicyclic amines) is 1. The molecule has 3 aromatic heterocycles. The van der Waals surface area contributed by atoms with Crippen LogP contribution in [0.5, 0.6) is 0 Å². The zero-order chi connectivity index (χ0) is 17.4. The molecule has 1 saturated heterocycles. The normalized spacial score (nSPS) is 15.7. The first-order chi connectivity index (χ1) is 12.1. The fraction of sp³-hybridized carbons (Fsp3) is 0.438. The van der Waals surface area contributed by atoms with Crippen molar-refractivity contribution in [2.75, 3.05) is 18.4 Å². The Balaban J connectivity index is 1.42. The van der Waals surface area contributed by atoms with E-state index in [0.29, 0.717) is 18.2 Å². The lowest BCUT2D eigenvalue weighted by Crippen LogP contribution is -2.40. The molecule has 1 N–H and O–H groups in total. The Morgan fingerprint density at radius 3 is 2.76 bits per heavy atom. The number of hydrogen-bond donors (Lipinski definition) is 1. The standard InChI is InChI=1S/C16H19N7OS/c1-10-3-4-13-19-20-14(23(13)21-10)12-5-7-22(8-6-12)16(24)18-15-17-9-11(2)25-15/h3-4,9,12H,5-8H2,1-2H3,(H,17,18,24). The second kappa shape index (κ2) is 6.40. The number of aromatic nitrogens is 5. The van der Waals surface area contributed by atoms with Crippen LogP contribution in [-0.2, 0) is 0 Å². The number of anilines is 1. The summed E-state index contributed by atoms with van der Waals surface area (Å²) in [6, 6.07) is 3.77. The van der Waals surface area contributed by atoms with Crippen molar-refractivity contribution < 1.29 is 4.79 Å². The average molecular weight is 357 g/mol. The molecular formula is C16H19N7OS. The minimum atomic E-state index is -0.0899. The fourth-order valence-corrected chi connectivity index (χ4v) is 3.73. The van der Waals surface area contributed by atoms with Crippen LogP contribution < -0.4 is 5.32 Å². The predicted molar refractivity (Wildman–Crippen MR) is 94.9 cm³/mol. The zero-order valence-electron chi connectivity index (χ0n) is 14.1. The summed E-state index contributed by atoms with van der Waals surface area (Å²) >= 11 is 1.48. The number of amides is 2. The van der Waals surface area contributed by atoms with Crippen molar-refractivity contribution in [1.29, 1.82) is 0 Å². The molecule has 0 aromatic carbocycles. The van der Waals surface area contributed by atoms with Crippen molar-refractivity contribution >= 4 is 28.1 Å². The number of fused-ring (bicyclic) bond motifs is 1. The summed E-state index contributed by atoms with van der Waals surface area (Å²) in [4.78, 5) is 19.4. The van der Waals surface area contributed by atoms with Crippen molar-refractivity contribution in [2.45, 2.75) is 32.6 Å². The van der Waals surface area contributed by atoms with Gasteiger partial charge < -0.3 is 4.90 Å². The van der Waals surface area contributed by atoms with Crippen LogP contribution in [0.1, 0.15) is 35.2 Å². The molecule has 1 aliphatic rings. The molecule has 0 spiro atoms. The van der Waals surface area contributed by atoms with Gasteiger partial charge in [0.25, 0.3) is 0 Å². The van der Waals surface area contributed by atoms with E-state index in [9.17, 15) is 4.79 Å². The van der Waals surface area contributed by atoms with Gasteiger partial charge in [-0.25, -0.2) is 9.78 Å². The summed E-state index contributed by atoms with van der Waals surface area (Å²) in [6.45, 7) is 5.29. The molecule has 0 atom stereocenters. The lowest BCUT2D eigenvalue weighted by atomic mass is 9.96. The van der Waals surface area contributed by atoms with Gasteiger partial charge >= 0.3 is 6.03 Å². The van der Waals surface area contributed by atoms with Crippen LogP contribution in [0, 0.1) is 13.8 Å². The van der Waals surface area contributed by atoms with Crippen LogP contribution in [0.15, 0.2) is 18.3 Å². The molecule has 8 nitrogen and oxygen atoms in total. The number of thiazole rings is 1. The summed E-state index contributed by atoms with van der Waals surface area (Å²) in [5.74, 6) is 1.14. The van der Waals surface area contributed by atoms with Crippen molar-refractivity contribution in [3.8, 4) is 0 Å². The predicted octanol–water partition coefficient (Wildman–Crippen LogP) is 2.61. The van der Waals surface area contributed by atoms with Crippen LogP contribution in [0.4, 0.5) is 9.93 Å². The Hall–Kier alpha value is -2.55. The maximum atomic E-state index is 12.4. The highest BCUT2D eigenvalue weighted by Gasteiger charge is 2.27. The van der Waals surface area contributed by atoms with Crippen LogP contribution in [0.2, 0.25) is 0 Å². The second-order valence-corrected chi connectivity index (χ2v) is 7.51. The molecule has 0 saturated carbocycles. The monoisotopic (exact) mass is 357 g/mol. The van der Waals surface area contributed by atoms with Gasteiger partial charge in [0.1, 0.15) is 0 Å². The maximum Gasteiger partial charge on any atom is 0.323 e. The van der Waals surface area contributed by atoms with Gasteiger partial charge in [-0.3, -0.25) is 5.32 Å². The summed E-state index contributed by atoms with van der Waals surface area (Å²) in [5.41, 5.74) is 1.70. The fourth-order valence-electron chi connectivity index (χ4n) is 3.08. The number of urea groups is 1. The number of carbonyl (C=O) groups is 1. The van der Waals surface area contributed by atoms with Gasteiger partial charge in [-0.2, -0.15) is 9.61 Å². The molecule has 0 aliphatic carbocycles. The van der Waals surface area contributed by atoms with Gasteiger partial charge in [0.2, 0.25) is 0 Å². The molecule has 0 radical (unpaired) electrons. The quantitative estimate of drug-likeness (QED) is 0.761. The van der Waals surface area contributed by atoms with E-state index in [0.717, 1.165) is 34.9 Å². The third-order valence-electron chi connectivity index (χ3n) is 4.40. The van der Waals surface area contributed by atoms with Gasteiger partial charge in [0.05, 0.1) is 5.69 Å². The van der Waals surface area contributed by atoms with E-state index in [4.69, 9.17) is 0 Å². The number of rotatable bonds is 2. The Bertz CT molecular complexity index is 910. The van der Waals surface area contributed by atoms with Crippen molar-refractivity contribution in [3.63, 3.8) is 0 Å². The van der Waals surface area contributed by atoms with Gasteiger partial charge in [-0.1, -0.05) is 0 Å². The number of nitrogens with one attached hydrogen (secondary N) is 1. The third kappa shape index (κ3) is 3.19. The molecule has 4 rings (SSSR count). The Morgan fingerprint density at radius 2 is 2.04 bits per heavy atom. The van der Waals surface area contributed by atoms with Crippen molar-refractivity contribution in [2.24, 2.45) is 0 Å². The molecule has 1 aliphatic heterocycles. The first-order valence-electron chi connectivity index (χ1n) is 8.27. The van der Waals surface area contributed by atoms with Gasteiger partial charge in [-0.05, 0) is 38.8 Å². The van der Waals surface area contributed by atoms with Crippen LogP contribution >= 0.6 is 11.3 Å². The Morgan fingerprint density at radius 1 is 1.24 bits per heavy atom. The topological polar surface area (TPSA) is 88.3 Å². The number of hydrogen-bond acceptors (Lipinski definition) is 6. The van der Waals surface area contributed by atoms with E-state index in [-0.39, 0.29) is 11.9 Å². The molecular weight excluding hydrogens is 338 g/mol. The van der Waals surface area contributed by atoms with Gasteiger partial charge in [0, 0.05) is 30.1 Å². The summed E-state index contributed by atoms with van der Waals surface area (Å²) in [5, 5.41) is 16.6. The summed E-state index contributed by atoms with van der Waals surface area (Å²) in [7, 11) is 0. The molecule has 9 heteroatoms. The van der Waals surface area contributed by atoms with E-state index >= 15 is 0 Å². The third-order valence-corrected chi connectivity index (χ3v) is 5.23. The largest absolute Gasteiger partial charge is 0.324 e. The maximum absolute atomic E-state index is 12.4. The molecule has 130 valence electrons. The van der Waals surface area contributed by atoms with E-state index in [1.54, 1.807) is 6.20 Å².